The lowest BCUT2D eigenvalue weighted by molar-refractivity contribution is 1.12. The average molecular weight is 1910 g/mol. The summed E-state index contributed by atoms with van der Waals surface area (Å²) in [6.07, 6.45) is 15.1. The van der Waals surface area contributed by atoms with E-state index < -0.39 is 0 Å². The quantitative estimate of drug-likeness (QED) is 0.0802. The Bertz CT molecular complexity index is 10000. The zero-order valence-electron chi connectivity index (χ0n) is 81.3. The van der Waals surface area contributed by atoms with E-state index in [1.807, 2.05) is 61.7 Å². The fourth-order valence-electron chi connectivity index (χ4n) is 24.7. The van der Waals surface area contributed by atoms with Crippen LogP contribution in [0.3, 0.4) is 0 Å². The summed E-state index contributed by atoms with van der Waals surface area (Å²) in [4.78, 5) is 17.7. The van der Waals surface area contributed by atoms with Gasteiger partial charge in [0, 0.05) is 183 Å². The van der Waals surface area contributed by atoms with Gasteiger partial charge < -0.3 is 27.4 Å². The Morgan fingerprint density at radius 1 is 0.133 bits per heavy atom. The second-order valence-electron chi connectivity index (χ2n) is 39.0. The molecule has 0 atom stereocenters. The smallest absolute Gasteiger partial charge is 0.0625 e. The molecule has 26 aromatic rings. The van der Waals surface area contributed by atoms with Gasteiger partial charge in [-0.2, -0.15) is 0 Å². The van der Waals surface area contributed by atoms with Crippen molar-refractivity contribution in [1.82, 2.24) is 47.3 Å². The molecule has 10 heteroatoms. The Labute approximate surface area is 863 Å². The van der Waals surface area contributed by atoms with Crippen molar-refractivity contribution in [3.05, 3.63) is 535 Å². The summed E-state index contributed by atoms with van der Waals surface area (Å²) in [7, 11) is 0. The number of nitrogens with zero attached hydrogens (tertiary/aromatic N) is 10. The van der Waals surface area contributed by atoms with Crippen LogP contribution in [0.25, 0.3) is 287 Å². The molecule has 32 rings (SSSR count). The maximum absolute atomic E-state index is 4.44. The van der Waals surface area contributed by atoms with E-state index in [-0.39, 0.29) is 0 Å². The second kappa shape index (κ2) is 34.8. The summed E-state index contributed by atoms with van der Waals surface area (Å²) >= 11 is 0. The molecule has 0 aliphatic carbocycles. The van der Waals surface area contributed by atoms with Gasteiger partial charge in [-0.15, -0.1) is 0 Å². The van der Waals surface area contributed by atoms with Gasteiger partial charge in [0.05, 0.1) is 66.2 Å². The van der Waals surface area contributed by atoms with Crippen LogP contribution in [-0.2, 0) is 0 Å². The zero-order chi connectivity index (χ0) is 98.5. The number of aromatic nitrogens is 10. The molecule has 0 amide bonds. The summed E-state index contributed by atoms with van der Waals surface area (Å²) in [5.74, 6) is 0. The highest BCUT2D eigenvalue weighted by molar-refractivity contribution is 6.33. The second-order valence-corrected chi connectivity index (χ2v) is 39.0. The topological polar surface area (TPSA) is 81.1 Å². The molecule has 4 aromatic heterocycles. The first kappa shape index (κ1) is 85.4. The first-order chi connectivity index (χ1) is 74.5. The van der Waals surface area contributed by atoms with Crippen molar-refractivity contribution in [1.29, 1.82) is 0 Å². The largest absolute Gasteiger partial charge is 0.309 e. The van der Waals surface area contributed by atoms with Crippen LogP contribution >= 0.6 is 0 Å². The van der Waals surface area contributed by atoms with E-state index in [9.17, 15) is 0 Å². The Kier molecular flexibility index (Phi) is 19.8. The Balaban J connectivity index is 0.000000104. The molecule has 0 unspecified atom stereocenters. The van der Waals surface area contributed by atoms with Crippen LogP contribution in [0, 0.1) is 0 Å². The zero-order valence-corrected chi connectivity index (χ0v) is 81.3. The van der Waals surface area contributed by atoms with E-state index in [2.05, 4.69) is 521 Å². The first-order valence-corrected chi connectivity index (χ1v) is 51.2. The van der Waals surface area contributed by atoms with E-state index >= 15 is 0 Å². The lowest BCUT2D eigenvalue weighted by Crippen LogP contribution is -2.11. The molecule has 0 saturated carbocycles. The first-order valence-electron chi connectivity index (χ1n) is 51.2. The van der Waals surface area contributed by atoms with Crippen molar-refractivity contribution in [2.24, 2.45) is 0 Å². The molecule has 6 aliphatic heterocycles. The van der Waals surface area contributed by atoms with Crippen LogP contribution in [0.5, 0.6) is 0 Å². The summed E-state index contributed by atoms with van der Waals surface area (Å²) in [6, 6.07) is 176. The Hall–Kier alpha value is -20.2. The monoisotopic (exact) mass is 1910 g/mol. The number of hydrogen-bond acceptors (Lipinski definition) is 4. The molecule has 10 nitrogen and oxygen atoms in total. The normalized spacial score (nSPS) is 11.9. The van der Waals surface area contributed by atoms with Gasteiger partial charge in [-0.25, -0.2) is 0 Å². The van der Waals surface area contributed by atoms with Gasteiger partial charge >= 0.3 is 0 Å². The predicted octanol–water partition coefficient (Wildman–Crippen LogP) is 36.2. The summed E-state index contributed by atoms with van der Waals surface area (Å²) in [6.45, 7) is 0. The average Bonchev–Trinajstić information content (AvgIpc) is 0.688. The lowest BCUT2D eigenvalue weighted by Gasteiger charge is -2.31. The Morgan fingerprint density at radius 2 is 0.360 bits per heavy atom. The van der Waals surface area contributed by atoms with Crippen molar-refractivity contribution in [3.63, 3.8) is 0 Å². The molecule has 698 valence electrons. The minimum atomic E-state index is 1.09. The van der Waals surface area contributed by atoms with Crippen molar-refractivity contribution in [2.75, 3.05) is 0 Å². The standard InChI is InChI=1S/C54H34N4.C44H28N2.C42H26N4/c1-3-17-43(18-4-1)57-47-27-23-36-22-26-46(40-14-8-12-38(32-40)42-16-10-30-56-34-42)54-50(36)51(47)52-48(58(54)44-19-5-2-6-20-44)28-24-35-21-25-45(53(57)49(35)52)39-13-7-11-37(31-39)41-15-9-29-55-33-41;1-5-13-29(14-6-1)33-21-25-37-41-35(33)23-27-39-43(41)44-40(45(37)31-17-9-3-10-18-31)28-24-36-34(30-15-7-2-8-16-30)22-26-38(42(36)44)46(39)32-19-11-4-12-20-32;1-3-7-27(8-4-1)33-15-11-29-13-18-36-39-37(29)41(33)45(31-19-23-43-24-20-31)35-17-14-30-12-16-34(28-9-5-2-6-10-28)42(38(30)40(35)39)46(36)32-21-25-44-26-22-32/h1-34H;1-28H;1-26H. The van der Waals surface area contributed by atoms with Gasteiger partial charge in [0.2, 0.25) is 0 Å². The molecule has 0 spiro atoms. The maximum atomic E-state index is 4.44. The van der Waals surface area contributed by atoms with Crippen molar-refractivity contribution in [3.8, 4) is 157 Å². The van der Waals surface area contributed by atoms with Crippen LogP contribution in [0.2, 0.25) is 0 Å². The number of para-hydroxylation sites is 4. The van der Waals surface area contributed by atoms with E-state index in [1.165, 1.54) is 220 Å². The maximum Gasteiger partial charge on any atom is 0.0625 e. The van der Waals surface area contributed by atoms with Gasteiger partial charge in [-0.05, 0) is 234 Å². The molecule has 22 aromatic carbocycles. The van der Waals surface area contributed by atoms with E-state index in [1.54, 1.807) is 0 Å². The van der Waals surface area contributed by atoms with Gasteiger partial charge in [0.15, 0.2) is 0 Å². The van der Waals surface area contributed by atoms with E-state index in [0.717, 1.165) is 67.5 Å². The van der Waals surface area contributed by atoms with Crippen molar-refractivity contribution < 1.29 is 0 Å². The van der Waals surface area contributed by atoms with Gasteiger partial charge in [-0.1, -0.05) is 340 Å². The molecule has 0 radical (unpaired) electrons. The van der Waals surface area contributed by atoms with Gasteiger partial charge in [-0.3, -0.25) is 19.9 Å². The third-order valence-electron chi connectivity index (χ3n) is 31.0. The molecular weight excluding hydrogens is 1820 g/mol. The predicted molar refractivity (Wildman–Crippen MR) is 623 cm³/mol. The van der Waals surface area contributed by atoms with Crippen LogP contribution in [-0.4, -0.2) is 47.3 Å². The molecule has 0 fully saturated rings. The SMILES string of the molecule is c1ccc(-c2ccc3c4c5c(ccc24)n(-c2ccccc2)c2ccc(-c4ccccc4)c4ccc(c-5c42)n3-c2ccccc2)cc1.c1ccc(-c2ccc3ccc4c5c3c2n(-c2ccncc2)c2ccc3ccc(-c6ccccc6)c(c3c2-5)n4-c2ccncc2)cc1.c1ccc(-n2c3ccc4ccc(-c5cccc(-c6cccnc6)c5)c5c4c3-c3c4c(ccc(-c6cccc(-c7cccnc7)c6)c42)ccc3n5-c2ccccc2)cc1. The summed E-state index contributed by atoms with van der Waals surface area (Å²) in [5, 5.41) is 15.0. The number of benzene rings is 22. The highest BCUT2D eigenvalue weighted by atomic mass is 15.0. The molecule has 0 saturated heterocycles. The van der Waals surface area contributed by atoms with Crippen LogP contribution in [0.4, 0.5) is 0 Å². The molecular formula is C140H88N10. The van der Waals surface area contributed by atoms with Crippen molar-refractivity contribution >= 4 is 131 Å². The van der Waals surface area contributed by atoms with Gasteiger partial charge in [0.1, 0.15) is 0 Å². The minimum absolute atomic E-state index is 1.09. The third-order valence-corrected chi connectivity index (χ3v) is 31.0. The van der Waals surface area contributed by atoms with E-state index in [4.69, 9.17) is 0 Å². The molecule has 150 heavy (non-hydrogen) atoms. The van der Waals surface area contributed by atoms with Crippen LogP contribution in [0.1, 0.15) is 0 Å². The highest BCUT2D eigenvalue weighted by Crippen LogP contribution is 2.58. The molecule has 0 bridgehead atoms. The van der Waals surface area contributed by atoms with E-state index in [0.29, 0.717) is 0 Å². The summed E-state index contributed by atoms with van der Waals surface area (Å²) in [5.41, 5.74) is 47.6. The van der Waals surface area contributed by atoms with Gasteiger partial charge in [0.25, 0.3) is 0 Å². The lowest BCUT2D eigenvalue weighted by atomic mass is 9.84. The number of rotatable bonds is 14. The Morgan fingerprint density at radius 3 is 0.667 bits per heavy atom. The fourth-order valence-corrected chi connectivity index (χ4v) is 24.7. The number of pyridine rings is 10. The van der Waals surface area contributed by atoms with Crippen LogP contribution < -0.4 is 0 Å². The van der Waals surface area contributed by atoms with Crippen LogP contribution in [0.15, 0.2) is 535 Å². The van der Waals surface area contributed by atoms with Crippen molar-refractivity contribution in [2.45, 2.75) is 0 Å². The summed E-state index contributed by atoms with van der Waals surface area (Å²) < 4.78 is 14.9. The highest BCUT2D eigenvalue weighted by Gasteiger charge is 2.35. The molecule has 6 aliphatic rings. The fraction of sp³-hybridized carbons (Fsp3) is 0. The third kappa shape index (κ3) is 13.4. The molecule has 0 N–H and O–H groups in total. The molecule has 10 heterocycles. The minimum Gasteiger partial charge on any atom is -0.309 e. The number of hydrogen-bond donors (Lipinski definition) is 0.